The SMILES string of the molecule is C=C(C)C(=O)OC1CCCCC1C(C)(O)C(F)(F)F. The van der Waals surface area contributed by atoms with Crippen molar-refractivity contribution in [3.63, 3.8) is 0 Å². The summed E-state index contributed by atoms with van der Waals surface area (Å²) in [5.41, 5.74) is -2.72. The predicted molar refractivity (Wildman–Crippen MR) is 63.3 cm³/mol. The fourth-order valence-electron chi connectivity index (χ4n) is 2.33. The van der Waals surface area contributed by atoms with Crippen molar-refractivity contribution in [2.24, 2.45) is 5.92 Å². The third-order valence-corrected chi connectivity index (χ3v) is 3.61. The van der Waals surface area contributed by atoms with Crippen molar-refractivity contribution in [3.05, 3.63) is 12.2 Å². The van der Waals surface area contributed by atoms with Gasteiger partial charge in [-0.25, -0.2) is 4.79 Å². The maximum absolute atomic E-state index is 12.9. The fourth-order valence-corrected chi connectivity index (χ4v) is 2.33. The zero-order valence-corrected chi connectivity index (χ0v) is 11.1. The first-order chi connectivity index (χ1) is 8.57. The van der Waals surface area contributed by atoms with Crippen molar-refractivity contribution in [3.8, 4) is 0 Å². The van der Waals surface area contributed by atoms with Gasteiger partial charge in [0.15, 0.2) is 5.60 Å². The second kappa shape index (κ2) is 5.53. The summed E-state index contributed by atoms with van der Waals surface area (Å²) in [5.74, 6) is -1.85. The van der Waals surface area contributed by atoms with Crippen LogP contribution in [0.1, 0.15) is 39.5 Å². The molecule has 110 valence electrons. The summed E-state index contributed by atoms with van der Waals surface area (Å²) in [4.78, 5) is 11.4. The van der Waals surface area contributed by atoms with Gasteiger partial charge in [0.05, 0.1) is 0 Å². The quantitative estimate of drug-likeness (QED) is 0.638. The Kier molecular flexibility index (Phi) is 4.66. The van der Waals surface area contributed by atoms with Gasteiger partial charge in [0.25, 0.3) is 0 Å². The summed E-state index contributed by atoms with van der Waals surface area (Å²) in [6, 6.07) is 0. The van der Waals surface area contributed by atoms with Crippen molar-refractivity contribution in [2.75, 3.05) is 0 Å². The molecule has 0 saturated heterocycles. The maximum Gasteiger partial charge on any atom is 0.417 e. The van der Waals surface area contributed by atoms with E-state index in [1.54, 1.807) is 0 Å². The molecule has 0 amide bonds. The molecule has 1 aliphatic rings. The Hall–Kier alpha value is -1.04. The summed E-state index contributed by atoms with van der Waals surface area (Å²) in [5, 5.41) is 9.76. The van der Waals surface area contributed by atoms with Crippen molar-refractivity contribution in [1.29, 1.82) is 0 Å². The molecule has 0 heterocycles. The van der Waals surface area contributed by atoms with Crippen molar-refractivity contribution in [1.82, 2.24) is 0 Å². The van der Waals surface area contributed by atoms with Gasteiger partial charge in [-0.15, -0.1) is 0 Å². The largest absolute Gasteiger partial charge is 0.459 e. The van der Waals surface area contributed by atoms with Crippen molar-refractivity contribution < 1.29 is 27.8 Å². The molecule has 0 radical (unpaired) electrons. The zero-order valence-electron chi connectivity index (χ0n) is 11.1. The molecule has 0 aromatic carbocycles. The molecular weight excluding hydrogens is 261 g/mol. The first kappa shape index (κ1) is 16.0. The smallest absolute Gasteiger partial charge is 0.417 e. The number of carbonyl (C=O) groups excluding carboxylic acids is 1. The average molecular weight is 280 g/mol. The van der Waals surface area contributed by atoms with Gasteiger partial charge in [-0.05, 0) is 33.1 Å². The first-order valence-electron chi connectivity index (χ1n) is 6.23. The zero-order chi connectivity index (χ0) is 14.8. The number of ether oxygens (including phenoxy) is 1. The van der Waals surface area contributed by atoms with Crippen molar-refractivity contribution in [2.45, 2.75) is 57.4 Å². The van der Waals surface area contributed by atoms with Crippen LogP contribution in [0.15, 0.2) is 12.2 Å². The number of alkyl halides is 3. The van der Waals surface area contributed by atoms with E-state index in [0.29, 0.717) is 19.3 Å². The number of hydrogen-bond acceptors (Lipinski definition) is 3. The van der Waals surface area contributed by atoms with Gasteiger partial charge in [0.1, 0.15) is 6.10 Å². The van der Waals surface area contributed by atoms with Crippen LogP contribution in [0.3, 0.4) is 0 Å². The Balaban J connectivity index is 2.89. The van der Waals surface area contributed by atoms with Crippen LogP contribution in [0.25, 0.3) is 0 Å². The Labute approximate surface area is 110 Å². The highest BCUT2D eigenvalue weighted by molar-refractivity contribution is 5.87. The monoisotopic (exact) mass is 280 g/mol. The molecule has 1 rings (SSSR count). The van der Waals surface area contributed by atoms with E-state index in [1.165, 1.54) is 6.92 Å². The van der Waals surface area contributed by atoms with E-state index in [1.807, 2.05) is 0 Å². The second-order valence-electron chi connectivity index (χ2n) is 5.26. The van der Waals surface area contributed by atoms with E-state index in [-0.39, 0.29) is 12.0 Å². The van der Waals surface area contributed by atoms with Gasteiger partial charge in [-0.1, -0.05) is 13.0 Å². The third-order valence-electron chi connectivity index (χ3n) is 3.61. The van der Waals surface area contributed by atoms with Gasteiger partial charge in [0.2, 0.25) is 0 Å². The van der Waals surface area contributed by atoms with Crippen LogP contribution < -0.4 is 0 Å². The first-order valence-corrected chi connectivity index (χ1v) is 6.23. The number of rotatable bonds is 3. The highest BCUT2D eigenvalue weighted by atomic mass is 19.4. The lowest BCUT2D eigenvalue weighted by Gasteiger charge is -2.41. The average Bonchev–Trinajstić information content (AvgIpc) is 2.27. The molecule has 3 unspecified atom stereocenters. The van der Waals surface area contributed by atoms with Gasteiger partial charge in [-0.3, -0.25) is 0 Å². The Morgan fingerprint density at radius 3 is 2.32 bits per heavy atom. The van der Waals surface area contributed by atoms with E-state index >= 15 is 0 Å². The van der Waals surface area contributed by atoms with Gasteiger partial charge >= 0.3 is 12.1 Å². The minimum atomic E-state index is -4.75. The summed E-state index contributed by atoms with van der Waals surface area (Å²) >= 11 is 0. The van der Waals surface area contributed by atoms with Crippen LogP contribution >= 0.6 is 0 Å². The third kappa shape index (κ3) is 3.49. The molecule has 3 atom stereocenters. The van der Waals surface area contributed by atoms with E-state index < -0.39 is 29.8 Å². The Bertz CT molecular complexity index is 361. The van der Waals surface area contributed by atoms with Crippen LogP contribution in [-0.4, -0.2) is 29.0 Å². The predicted octanol–water partition coefficient (Wildman–Crippen LogP) is 2.98. The highest BCUT2D eigenvalue weighted by Crippen LogP contribution is 2.43. The van der Waals surface area contributed by atoms with Crippen LogP contribution in [0.2, 0.25) is 0 Å². The lowest BCUT2D eigenvalue weighted by molar-refractivity contribution is -0.285. The molecule has 6 heteroatoms. The standard InChI is InChI=1S/C13H19F3O3/c1-8(2)11(17)19-10-7-5-4-6-9(10)12(3,18)13(14,15)16/h9-10,18H,1,4-7H2,2-3H3. The minimum Gasteiger partial charge on any atom is -0.459 e. The molecular formula is C13H19F3O3. The van der Waals surface area contributed by atoms with E-state index in [9.17, 15) is 23.1 Å². The van der Waals surface area contributed by atoms with E-state index in [4.69, 9.17) is 4.74 Å². The normalized spacial score (nSPS) is 27.5. The second-order valence-corrected chi connectivity index (χ2v) is 5.26. The molecule has 19 heavy (non-hydrogen) atoms. The molecule has 0 aromatic rings. The molecule has 1 fully saturated rings. The molecule has 3 nitrogen and oxygen atoms in total. The van der Waals surface area contributed by atoms with Crippen molar-refractivity contribution >= 4 is 5.97 Å². The summed E-state index contributed by atoms with van der Waals surface area (Å²) < 4.78 is 43.7. The molecule has 0 aliphatic heterocycles. The Morgan fingerprint density at radius 1 is 1.32 bits per heavy atom. The summed E-state index contributed by atoms with van der Waals surface area (Å²) in [6.07, 6.45) is -3.90. The lowest BCUT2D eigenvalue weighted by Crippen LogP contribution is -2.54. The number of hydrogen-bond donors (Lipinski definition) is 1. The number of aliphatic hydroxyl groups is 1. The fraction of sp³-hybridized carbons (Fsp3) is 0.769. The molecule has 1 saturated carbocycles. The van der Waals surface area contributed by atoms with Crippen LogP contribution in [0, 0.1) is 5.92 Å². The van der Waals surface area contributed by atoms with Gasteiger partial charge in [-0.2, -0.15) is 13.2 Å². The lowest BCUT2D eigenvalue weighted by atomic mass is 9.75. The number of halogens is 3. The van der Waals surface area contributed by atoms with E-state index in [0.717, 1.165) is 6.92 Å². The van der Waals surface area contributed by atoms with E-state index in [2.05, 4.69) is 6.58 Å². The topological polar surface area (TPSA) is 46.5 Å². The molecule has 0 spiro atoms. The Morgan fingerprint density at radius 2 is 1.84 bits per heavy atom. The highest BCUT2D eigenvalue weighted by Gasteiger charge is 2.57. The minimum absolute atomic E-state index is 0.135. The van der Waals surface area contributed by atoms with Crippen LogP contribution in [0.4, 0.5) is 13.2 Å². The number of carbonyl (C=O) groups is 1. The molecule has 0 bridgehead atoms. The number of esters is 1. The summed E-state index contributed by atoms with van der Waals surface area (Å²) in [7, 11) is 0. The van der Waals surface area contributed by atoms with Crippen LogP contribution in [-0.2, 0) is 9.53 Å². The van der Waals surface area contributed by atoms with Gasteiger partial charge in [0, 0.05) is 11.5 Å². The molecule has 1 N–H and O–H groups in total. The molecule has 1 aliphatic carbocycles. The molecule has 0 aromatic heterocycles. The van der Waals surface area contributed by atoms with Gasteiger partial charge < -0.3 is 9.84 Å². The van der Waals surface area contributed by atoms with Crippen LogP contribution in [0.5, 0.6) is 0 Å². The summed E-state index contributed by atoms with van der Waals surface area (Å²) in [6.45, 7) is 5.57. The maximum atomic E-state index is 12.9.